The summed E-state index contributed by atoms with van der Waals surface area (Å²) in [6, 6.07) is 0.769. The Kier molecular flexibility index (Phi) is 2.11. The molecule has 0 amide bonds. The fourth-order valence-corrected chi connectivity index (χ4v) is 2.01. The van der Waals surface area contributed by atoms with Crippen LogP contribution in [0.25, 0.3) is 0 Å². The van der Waals surface area contributed by atoms with Crippen LogP contribution in [0.2, 0.25) is 0 Å². The van der Waals surface area contributed by atoms with Crippen LogP contribution < -0.4 is 5.73 Å². The second-order valence-electron chi connectivity index (χ2n) is 3.51. The van der Waals surface area contributed by atoms with Crippen LogP contribution in [0, 0.1) is 0 Å². The van der Waals surface area contributed by atoms with Gasteiger partial charge in [-0.15, -0.1) is 0 Å². The van der Waals surface area contributed by atoms with Gasteiger partial charge < -0.3 is 10.5 Å². The average Bonchev–Trinajstić information content (AvgIpc) is 2.55. The number of nitrogens with zero attached hydrogens (tertiary/aromatic N) is 1. The highest BCUT2D eigenvalue weighted by molar-refractivity contribution is 4.88. The van der Waals surface area contributed by atoms with E-state index < -0.39 is 0 Å². The van der Waals surface area contributed by atoms with E-state index in [0.717, 1.165) is 13.2 Å². The first-order valence-electron chi connectivity index (χ1n) is 4.45. The van der Waals surface area contributed by atoms with Crippen LogP contribution in [0.4, 0.5) is 0 Å². The van der Waals surface area contributed by atoms with Gasteiger partial charge in [-0.1, -0.05) is 0 Å². The minimum absolute atomic E-state index is 0.257. The highest BCUT2D eigenvalue weighted by Crippen LogP contribution is 2.17. The number of rotatable bonds is 1. The molecule has 11 heavy (non-hydrogen) atoms. The fourth-order valence-electron chi connectivity index (χ4n) is 2.01. The zero-order valence-corrected chi connectivity index (χ0v) is 6.83. The van der Waals surface area contributed by atoms with Crippen LogP contribution in [-0.4, -0.2) is 43.3 Å². The van der Waals surface area contributed by atoms with Crippen molar-refractivity contribution in [3.05, 3.63) is 0 Å². The van der Waals surface area contributed by atoms with Crippen molar-refractivity contribution in [1.29, 1.82) is 0 Å². The Morgan fingerprint density at radius 2 is 1.91 bits per heavy atom. The van der Waals surface area contributed by atoms with Crippen LogP contribution in [0.5, 0.6) is 0 Å². The third-order valence-electron chi connectivity index (χ3n) is 2.70. The van der Waals surface area contributed by atoms with E-state index >= 15 is 0 Å². The Bertz CT molecular complexity index is 134. The van der Waals surface area contributed by atoms with Gasteiger partial charge in [-0.05, 0) is 25.9 Å². The molecule has 3 heteroatoms. The molecule has 0 aromatic rings. The number of ether oxygens (including phenoxy) is 1. The molecule has 2 heterocycles. The molecule has 2 atom stereocenters. The highest BCUT2D eigenvalue weighted by Gasteiger charge is 2.31. The summed E-state index contributed by atoms with van der Waals surface area (Å²) < 4.78 is 5.32. The van der Waals surface area contributed by atoms with Crippen LogP contribution in [0.3, 0.4) is 0 Å². The minimum Gasteiger partial charge on any atom is -0.378 e. The molecule has 2 N–H and O–H groups in total. The van der Waals surface area contributed by atoms with Crippen LogP contribution in [0.1, 0.15) is 12.8 Å². The molecule has 2 saturated heterocycles. The summed E-state index contributed by atoms with van der Waals surface area (Å²) >= 11 is 0. The molecule has 0 aromatic carbocycles. The minimum atomic E-state index is 0.257. The molecule has 3 nitrogen and oxygen atoms in total. The maximum atomic E-state index is 5.89. The molecular weight excluding hydrogens is 140 g/mol. The lowest BCUT2D eigenvalue weighted by Gasteiger charge is -2.24. The fraction of sp³-hybridized carbons (Fsp3) is 1.00. The summed E-state index contributed by atoms with van der Waals surface area (Å²) in [5, 5.41) is 0. The molecule has 2 fully saturated rings. The van der Waals surface area contributed by atoms with Crippen molar-refractivity contribution in [2.24, 2.45) is 5.73 Å². The van der Waals surface area contributed by atoms with Gasteiger partial charge in [0, 0.05) is 6.04 Å². The van der Waals surface area contributed by atoms with E-state index in [1.165, 1.54) is 25.9 Å². The lowest BCUT2D eigenvalue weighted by Crippen LogP contribution is -2.45. The first kappa shape index (κ1) is 7.53. The topological polar surface area (TPSA) is 38.5 Å². The second-order valence-corrected chi connectivity index (χ2v) is 3.51. The largest absolute Gasteiger partial charge is 0.378 e. The quantitative estimate of drug-likeness (QED) is 0.572. The summed E-state index contributed by atoms with van der Waals surface area (Å²) in [4.78, 5) is 2.47. The molecule has 2 rings (SSSR count). The van der Waals surface area contributed by atoms with Gasteiger partial charge in [-0.2, -0.15) is 0 Å². The van der Waals surface area contributed by atoms with Gasteiger partial charge in [-0.3, -0.25) is 4.90 Å². The van der Waals surface area contributed by atoms with Crippen molar-refractivity contribution in [1.82, 2.24) is 4.90 Å². The van der Waals surface area contributed by atoms with Crippen LogP contribution in [0.15, 0.2) is 0 Å². The third-order valence-corrected chi connectivity index (χ3v) is 2.70. The molecule has 0 spiro atoms. The van der Waals surface area contributed by atoms with Gasteiger partial charge in [0.05, 0.1) is 19.3 Å². The zero-order chi connectivity index (χ0) is 7.68. The molecule has 0 aliphatic carbocycles. The van der Waals surface area contributed by atoms with Crippen LogP contribution in [-0.2, 0) is 4.74 Å². The predicted molar refractivity (Wildman–Crippen MR) is 43.4 cm³/mol. The van der Waals surface area contributed by atoms with Crippen molar-refractivity contribution in [2.45, 2.75) is 24.9 Å². The van der Waals surface area contributed by atoms with Crippen molar-refractivity contribution >= 4 is 0 Å². The Morgan fingerprint density at radius 3 is 2.45 bits per heavy atom. The highest BCUT2D eigenvalue weighted by atomic mass is 16.5. The molecule has 0 bridgehead atoms. The maximum Gasteiger partial charge on any atom is 0.0638 e. The molecule has 2 unspecified atom stereocenters. The molecule has 64 valence electrons. The van der Waals surface area contributed by atoms with Gasteiger partial charge in [0.15, 0.2) is 0 Å². The molecule has 0 saturated carbocycles. The summed E-state index contributed by atoms with van der Waals surface area (Å²) in [5.41, 5.74) is 5.89. The number of hydrogen-bond donors (Lipinski definition) is 1. The van der Waals surface area contributed by atoms with Crippen LogP contribution >= 0.6 is 0 Å². The lowest BCUT2D eigenvalue weighted by molar-refractivity contribution is 0.159. The Labute approximate surface area is 67.5 Å². The summed E-state index contributed by atoms with van der Waals surface area (Å²) in [5.74, 6) is 0. The molecule has 2 aliphatic rings. The van der Waals surface area contributed by atoms with Gasteiger partial charge in [0.1, 0.15) is 0 Å². The predicted octanol–water partition coefficient (Wildman–Crippen LogP) is -0.192. The van der Waals surface area contributed by atoms with E-state index in [1.54, 1.807) is 0 Å². The number of likely N-dealkylation sites (tertiary alicyclic amines) is 1. The van der Waals surface area contributed by atoms with Crippen molar-refractivity contribution < 1.29 is 4.74 Å². The lowest BCUT2D eigenvalue weighted by atomic mass is 10.1. The smallest absolute Gasteiger partial charge is 0.0638 e. The van der Waals surface area contributed by atoms with E-state index in [2.05, 4.69) is 4.90 Å². The Balaban J connectivity index is 1.92. The molecule has 0 radical (unpaired) electrons. The Hall–Kier alpha value is -0.120. The van der Waals surface area contributed by atoms with Gasteiger partial charge in [0.2, 0.25) is 0 Å². The van der Waals surface area contributed by atoms with E-state index in [-0.39, 0.29) is 6.04 Å². The van der Waals surface area contributed by atoms with E-state index in [9.17, 15) is 0 Å². The van der Waals surface area contributed by atoms with Gasteiger partial charge in [-0.25, -0.2) is 0 Å². The third kappa shape index (κ3) is 1.41. The SMILES string of the molecule is NC1COCC1N1CCCC1. The second kappa shape index (κ2) is 3.09. The van der Waals surface area contributed by atoms with E-state index in [0.29, 0.717) is 6.04 Å². The molecular formula is C8H16N2O. The maximum absolute atomic E-state index is 5.89. The normalized spacial score (nSPS) is 40.1. The first-order valence-corrected chi connectivity index (χ1v) is 4.45. The first-order chi connectivity index (χ1) is 5.38. The Morgan fingerprint density at radius 1 is 1.18 bits per heavy atom. The monoisotopic (exact) mass is 156 g/mol. The van der Waals surface area contributed by atoms with Crippen molar-refractivity contribution in [2.75, 3.05) is 26.3 Å². The summed E-state index contributed by atoms with van der Waals surface area (Å²) in [7, 11) is 0. The summed E-state index contributed by atoms with van der Waals surface area (Å²) in [6.07, 6.45) is 2.67. The molecule has 2 aliphatic heterocycles. The number of nitrogens with two attached hydrogens (primary N) is 1. The van der Waals surface area contributed by atoms with E-state index in [4.69, 9.17) is 10.5 Å². The van der Waals surface area contributed by atoms with Crippen molar-refractivity contribution in [3.8, 4) is 0 Å². The standard InChI is InChI=1S/C8H16N2O/c9-7-5-11-6-8(7)10-3-1-2-4-10/h7-8H,1-6,9H2. The molecule has 0 aromatic heterocycles. The summed E-state index contributed by atoms with van der Waals surface area (Å²) in [6.45, 7) is 4.05. The van der Waals surface area contributed by atoms with E-state index in [1.807, 2.05) is 0 Å². The van der Waals surface area contributed by atoms with Gasteiger partial charge >= 0.3 is 0 Å². The number of hydrogen-bond acceptors (Lipinski definition) is 3. The van der Waals surface area contributed by atoms with Gasteiger partial charge in [0.25, 0.3) is 0 Å². The van der Waals surface area contributed by atoms with Crippen molar-refractivity contribution in [3.63, 3.8) is 0 Å². The zero-order valence-electron chi connectivity index (χ0n) is 6.83. The average molecular weight is 156 g/mol.